The van der Waals surface area contributed by atoms with Crippen molar-refractivity contribution in [1.29, 1.82) is 0 Å². The normalized spacial score (nSPS) is 22.1. The highest BCUT2D eigenvalue weighted by Gasteiger charge is 2.02. The van der Waals surface area contributed by atoms with E-state index in [-0.39, 0.29) is 0 Å². The molecular formula is C8H19N5O. The van der Waals surface area contributed by atoms with E-state index in [0.717, 1.165) is 39.3 Å². The molecule has 1 aliphatic rings. The maximum absolute atomic E-state index is 10.4. The van der Waals surface area contributed by atoms with Gasteiger partial charge in [0.1, 0.15) is 0 Å². The minimum absolute atomic E-state index is 0.686. The second-order valence-electron chi connectivity index (χ2n) is 3.29. The lowest BCUT2D eigenvalue weighted by molar-refractivity contribution is 0.280. The minimum atomic E-state index is 0.686. The Labute approximate surface area is 84.4 Å². The van der Waals surface area contributed by atoms with Gasteiger partial charge in [-0.2, -0.15) is 0 Å². The zero-order valence-corrected chi connectivity index (χ0v) is 8.46. The number of nitrogens with one attached hydrogen (secondary N) is 3. The van der Waals surface area contributed by atoms with Crippen molar-refractivity contribution >= 4 is 0 Å². The van der Waals surface area contributed by atoms with Crippen LogP contribution in [0.1, 0.15) is 0 Å². The molecule has 0 aromatic carbocycles. The summed E-state index contributed by atoms with van der Waals surface area (Å²) < 4.78 is 0. The Morgan fingerprint density at radius 3 is 1.64 bits per heavy atom. The summed E-state index contributed by atoms with van der Waals surface area (Å²) in [6.07, 6.45) is 0. The Hall–Kier alpha value is -0.720. The van der Waals surface area contributed by atoms with Gasteiger partial charge in [0.05, 0.1) is 18.4 Å². The van der Waals surface area contributed by atoms with Crippen LogP contribution in [-0.4, -0.2) is 57.4 Å². The summed E-state index contributed by atoms with van der Waals surface area (Å²) in [5, 5.41) is 14.3. The molecule has 3 N–H and O–H groups in total. The van der Waals surface area contributed by atoms with Gasteiger partial charge in [0.25, 0.3) is 0 Å². The van der Waals surface area contributed by atoms with Gasteiger partial charge < -0.3 is 16.0 Å². The van der Waals surface area contributed by atoms with Crippen LogP contribution in [-0.2, 0) is 0 Å². The molecule has 14 heavy (non-hydrogen) atoms. The van der Waals surface area contributed by atoms with Crippen LogP contribution in [0.5, 0.6) is 0 Å². The number of hydrogen-bond donors (Lipinski definition) is 3. The molecule has 1 heterocycles. The fourth-order valence-electron chi connectivity index (χ4n) is 1.34. The van der Waals surface area contributed by atoms with Crippen molar-refractivity contribution in [3.63, 3.8) is 0 Å². The first-order valence-corrected chi connectivity index (χ1v) is 5.14. The van der Waals surface area contributed by atoms with Gasteiger partial charge in [-0.1, -0.05) is 0 Å². The summed E-state index contributed by atoms with van der Waals surface area (Å²) >= 11 is 0. The standard InChI is InChI=1S/C8H19N5O/c14-12-13-7-5-10-3-1-9-2-4-11-6-8-13/h9-11H,1-8H2. The first-order valence-electron chi connectivity index (χ1n) is 5.14. The summed E-state index contributed by atoms with van der Waals surface area (Å²) in [5.74, 6) is 0. The van der Waals surface area contributed by atoms with E-state index in [1.807, 2.05) is 0 Å². The van der Waals surface area contributed by atoms with E-state index in [1.54, 1.807) is 5.01 Å². The van der Waals surface area contributed by atoms with Crippen molar-refractivity contribution in [3.05, 3.63) is 4.91 Å². The second-order valence-corrected chi connectivity index (χ2v) is 3.29. The second kappa shape index (κ2) is 7.66. The van der Waals surface area contributed by atoms with Gasteiger partial charge in [0.2, 0.25) is 0 Å². The molecule has 1 aliphatic heterocycles. The van der Waals surface area contributed by atoms with Crippen LogP contribution in [0, 0.1) is 4.91 Å². The van der Waals surface area contributed by atoms with E-state index < -0.39 is 0 Å². The quantitative estimate of drug-likeness (QED) is 0.463. The maximum atomic E-state index is 10.4. The summed E-state index contributed by atoms with van der Waals surface area (Å²) in [4.78, 5) is 10.4. The van der Waals surface area contributed by atoms with E-state index in [2.05, 4.69) is 21.2 Å². The Morgan fingerprint density at radius 2 is 1.21 bits per heavy atom. The van der Waals surface area contributed by atoms with Crippen LogP contribution in [0.3, 0.4) is 0 Å². The van der Waals surface area contributed by atoms with E-state index in [9.17, 15) is 4.91 Å². The van der Waals surface area contributed by atoms with Gasteiger partial charge >= 0.3 is 0 Å². The predicted molar refractivity (Wildman–Crippen MR) is 56.0 cm³/mol. The van der Waals surface area contributed by atoms with E-state index in [4.69, 9.17) is 0 Å². The van der Waals surface area contributed by atoms with E-state index >= 15 is 0 Å². The molecule has 0 aromatic heterocycles. The Morgan fingerprint density at radius 1 is 0.786 bits per heavy atom. The molecule has 1 saturated heterocycles. The fraction of sp³-hybridized carbons (Fsp3) is 1.00. The van der Waals surface area contributed by atoms with Gasteiger partial charge in [0.15, 0.2) is 0 Å². The van der Waals surface area contributed by atoms with Crippen LogP contribution in [0.15, 0.2) is 5.29 Å². The summed E-state index contributed by atoms with van der Waals surface area (Å²) in [7, 11) is 0. The topological polar surface area (TPSA) is 68.8 Å². The van der Waals surface area contributed by atoms with E-state index in [1.165, 1.54) is 0 Å². The third-order valence-electron chi connectivity index (χ3n) is 2.17. The monoisotopic (exact) mass is 201 g/mol. The first-order chi connectivity index (χ1) is 6.93. The third-order valence-corrected chi connectivity index (χ3v) is 2.17. The van der Waals surface area contributed by atoms with Gasteiger partial charge in [-0.3, -0.25) is 5.01 Å². The lowest BCUT2D eigenvalue weighted by atomic mass is 10.4. The van der Waals surface area contributed by atoms with Crippen LogP contribution >= 0.6 is 0 Å². The zero-order valence-electron chi connectivity index (χ0n) is 8.46. The number of rotatable bonds is 1. The fourth-order valence-corrected chi connectivity index (χ4v) is 1.34. The molecule has 0 saturated carbocycles. The molecule has 0 unspecified atom stereocenters. The largest absolute Gasteiger partial charge is 0.314 e. The average Bonchev–Trinajstić information content (AvgIpc) is 2.19. The molecule has 0 aromatic rings. The Kier molecular flexibility index (Phi) is 6.21. The molecule has 6 nitrogen and oxygen atoms in total. The molecule has 0 bridgehead atoms. The van der Waals surface area contributed by atoms with Crippen molar-refractivity contribution in [2.75, 3.05) is 52.4 Å². The molecule has 0 amide bonds. The lowest BCUT2D eigenvalue weighted by Gasteiger charge is -2.17. The third kappa shape index (κ3) is 5.11. The number of hydrogen-bond acceptors (Lipinski definition) is 5. The lowest BCUT2D eigenvalue weighted by Crippen LogP contribution is -2.39. The zero-order chi connectivity index (χ0) is 10.1. The highest BCUT2D eigenvalue weighted by molar-refractivity contribution is 4.61. The van der Waals surface area contributed by atoms with Gasteiger partial charge in [0, 0.05) is 39.3 Å². The number of nitroso groups, excluding NO2 is 1. The van der Waals surface area contributed by atoms with E-state index in [0.29, 0.717) is 13.1 Å². The molecular weight excluding hydrogens is 182 g/mol. The summed E-state index contributed by atoms with van der Waals surface area (Å²) in [5.41, 5.74) is 0. The van der Waals surface area contributed by atoms with Crippen molar-refractivity contribution in [2.45, 2.75) is 0 Å². The van der Waals surface area contributed by atoms with Crippen molar-refractivity contribution < 1.29 is 0 Å². The highest BCUT2D eigenvalue weighted by atomic mass is 16.3. The predicted octanol–water partition coefficient (Wildman–Crippen LogP) is -1.25. The molecule has 82 valence electrons. The van der Waals surface area contributed by atoms with Crippen LogP contribution in [0.25, 0.3) is 0 Å². The Balaban J connectivity index is 2.20. The average molecular weight is 201 g/mol. The van der Waals surface area contributed by atoms with Crippen molar-refractivity contribution in [1.82, 2.24) is 21.0 Å². The molecule has 6 heteroatoms. The van der Waals surface area contributed by atoms with Gasteiger partial charge in [-0.25, -0.2) is 0 Å². The van der Waals surface area contributed by atoms with Crippen molar-refractivity contribution in [2.24, 2.45) is 5.29 Å². The SMILES string of the molecule is O=NN1CCNCCNCCNCC1. The molecule has 0 aliphatic carbocycles. The Bertz CT molecular complexity index is 143. The molecule has 0 radical (unpaired) electrons. The molecule has 1 fully saturated rings. The van der Waals surface area contributed by atoms with Gasteiger partial charge in [-0.05, 0) is 0 Å². The summed E-state index contributed by atoms with van der Waals surface area (Å²) in [6, 6.07) is 0. The molecule has 0 spiro atoms. The number of nitrogens with zero attached hydrogens (tertiary/aromatic N) is 2. The summed E-state index contributed by atoms with van der Waals surface area (Å²) in [6.45, 7) is 6.81. The van der Waals surface area contributed by atoms with Crippen molar-refractivity contribution in [3.8, 4) is 0 Å². The molecule has 1 rings (SSSR count). The molecule has 0 atom stereocenters. The minimum Gasteiger partial charge on any atom is -0.314 e. The van der Waals surface area contributed by atoms with Crippen LogP contribution in [0.2, 0.25) is 0 Å². The smallest absolute Gasteiger partial charge is 0.0524 e. The van der Waals surface area contributed by atoms with Gasteiger partial charge in [-0.15, -0.1) is 4.91 Å². The first kappa shape index (κ1) is 11.4. The van der Waals surface area contributed by atoms with Crippen LogP contribution in [0.4, 0.5) is 0 Å². The van der Waals surface area contributed by atoms with Crippen LogP contribution < -0.4 is 16.0 Å². The maximum Gasteiger partial charge on any atom is 0.0524 e. The highest BCUT2D eigenvalue weighted by Crippen LogP contribution is 1.86.